The van der Waals surface area contributed by atoms with Gasteiger partial charge in [0.25, 0.3) is 5.91 Å². The summed E-state index contributed by atoms with van der Waals surface area (Å²) in [6.07, 6.45) is 7.13. The second-order valence-corrected chi connectivity index (χ2v) is 6.08. The number of imidazole rings is 1. The molecule has 0 aromatic carbocycles. The monoisotopic (exact) mass is 346 g/mol. The van der Waals surface area contributed by atoms with Crippen molar-refractivity contribution in [2.45, 2.75) is 13.5 Å². The maximum Gasteiger partial charge on any atom is 0.270 e. The Morgan fingerprint density at radius 2 is 2.12 bits per heavy atom. The highest BCUT2D eigenvalue weighted by Crippen LogP contribution is 2.18. The summed E-state index contributed by atoms with van der Waals surface area (Å²) in [4.78, 5) is 21.4. The lowest BCUT2D eigenvalue weighted by atomic mass is 10.1. The number of hydrogen-bond donors (Lipinski definition) is 1. The molecule has 0 unspecified atom stereocenters. The van der Waals surface area contributed by atoms with Gasteiger partial charge in [-0.1, -0.05) is 6.07 Å². The van der Waals surface area contributed by atoms with E-state index in [0.29, 0.717) is 17.9 Å². The van der Waals surface area contributed by atoms with Gasteiger partial charge in [0, 0.05) is 43.9 Å². The van der Waals surface area contributed by atoms with E-state index in [4.69, 9.17) is 0 Å². The fourth-order valence-corrected chi connectivity index (χ4v) is 3.03. The van der Waals surface area contributed by atoms with Gasteiger partial charge in [0.2, 0.25) is 0 Å². The number of hydrogen-bond acceptors (Lipinski definition) is 4. The van der Waals surface area contributed by atoms with Gasteiger partial charge in [-0.3, -0.25) is 18.9 Å². The van der Waals surface area contributed by atoms with Gasteiger partial charge in [-0.25, -0.2) is 4.98 Å². The summed E-state index contributed by atoms with van der Waals surface area (Å²) in [7, 11) is 1.89. The quantitative estimate of drug-likeness (QED) is 0.615. The Bertz CT molecular complexity index is 1090. The van der Waals surface area contributed by atoms with Gasteiger partial charge >= 0.3 is 0 Å². The normalized spacial score (nSPS) is 11.0. The highest BCUT2D eigenvalue weighted by atomic mass is 16.1. The Morgan fingerprint density at radius 1 is 1.23 bits per heavy atom. The minimum atomic E-state index is -0.160. The topological polar surface area (TPSA) is 77.1 Å². The largest absolute Gasteiger partial charge is 0.347 e. The highest BCUT2D eigenvalue weighted by molar-refractivity contribution is 5.94. The van der Waals surface area contributed by atoms with Gasteiger partial charge in [-0.05, 0) is 36.8 Å². The molecule has 7 heteroatoms. The summed E-state index contributed by atoms with van der Waals surface area (Å²) in [5, 5.41) is 7.14. The number of fused-ring (bicyclic) bond motifs is 1. The van der Waals surface area contributed by atoms with Gasteiger partial charge in [0.15, 0.2) is 0 Å². The molecule has 0 fully saturated rings. The molecular formula is C19H18N6O. The van der Waals surface area contributed by atoms with Crippen LogP contribution >= 0.6 is 0 Å². The van der Waals surface area contributed by atoms with E-state index in [1.165, 1.54) is 0 Å². The van der Waals surface area contributed by atoms with Crippen LogP contribution < -0.4 is 5.32 Å². The summed E-state index contributed by atoms with van der Waals surface area (Å²) in [6.45, 7) is 2.23. The van der Waals surface area contributed by atoms with E-state index in [2.05, 4.69) is 20.4 Å². The molecule has 4 aromatic heterocycles. The predicted octanol–water partition coefficient (Wildman–Crippen LogP) is 2.37. The molecule has 0 radical (unpaired) electrons. The molecule has 1 N–H and O–H groups in total. The van der Waals surface area contributed by atoms with Crippen molar-refractivity contribution in [3.8, 4) is 11.3 Å². The molecule has 0 saturated carbocycles. The highest BCUT2D eigenvalue weighted by Gasteiger charge is 2.16. The molecule has 7 nitrogen and oxygen atoms in total. The van der Waals surface area contributed by atoms with E-state index in [1.807, 2.05) is 50.5 Å². The number of nitrogens with zero attached hydrogens (tertiary/aromatic N) is 5. The molecule has 130 valence electrons. The number of carbonyl (C=O) groups is 1. The molecule has 0 aliphatic rings. The lowest BCUT2D eigenvalue weighted by molar-refractivity contribution is 0.0944. The molecule has 0 atom stereocenters. The van der Waals surface area contributed by atoms with Crippen molar-refractivity contribution < 1.29 is 4.79 Å². The van der Waals surface area contributed by atoms with Crippen LogP contribution in [0, 0.1) is 6.92 Å². The Morgan fingerprint density at radius 3 is 2.92 bits per heavy atom. The van der Waals surface area contributed by atoms with E-state index in [0.717, 1.165) is 22.5 Å². The van der Waals surface area contributed by atoms with Crippen molar-refractivity contribution in [1.29, 1.82) is 0 Å². The van der Waals surface area contributed by atoms with Gasteiger partial charge in [0.1, 0.15) is 11.3 Å². The Labute approximate surface area is 150 Å². The zero-order valence-electron chi connectivity index (χ0n) is 14.5. The first kappa shape index (κ1) is 16.0. The van der Waals surface area contributed by atoms with Crippen molar-refractivity contribution in [2.24, 2.45) is 7.05 Å². The van der Waals surface area contributed by atoms with E-state index in [-0.39, 0.29) is 5.91 Å². The van der Waals surface area contributed by atoms with Crippen LogP contribution in [0.3, 0.4) is 0 Å². The van der Waals surface area contributed by atoms with E-state index >= 15 is 0 Å². The Hall–Kier alpha value is -3.48. The molecule has 0 aliphatic heterocycles. The first-order chi connectivity index (χ1) is 12.6. The van der Waals surface area contributed by atoms with Gasteiger partial charge in [-0.2, -0.15) is 5.10 Å². The summed E-state index contributed by atoms with van der Waals surface area (Å²) < 4.78 is 3.59. The molecule has 0 saturated heterocycles. The summed E-state index contributed by atoms with van der Waals surface area (Å²) in [5.74, 6) is -0.160. The summed E-state index contributed by atoms with van der Waals surface area (Å²) in [6, 6.07) is 9.60. The lowest BCUT2D eigenvalue weighted by Crippen LogP contribution is -2.25. The first-order valence-electron chi connectivity index (χ1n) is 8.27. The number of nitrogens with one attached hydrogen (secondary N) is 1. The second kappa shape index (κ2) is 6.44. The maximum absolute atomic E-state index is 12.7. The van der Waals surface area contributed by atoms with Crippen LogP contribution in [0.4, 0.5) is 0 Å². The number of carbonyl (C=O) groups excluding carboxylic acids is 1. The number of aromatic nitrogens is 5. The molecule has 0 spiro atoms. The van der Waals surface area contributed by atoms with Crippen molar-refractivity contribution in [3.05, 3.63) is 72.1 Å². The first-order valence-corrected chi connectivity index (χ1v) is 8.27. The van der Waals surface area contributed by atoms with Crippen LogP contribution in [0.2, 0.25) is 0 Å². The van der Waals surface area contributed by atoms with E-state index in [1.54, 1.807) is 27.7 Å². The van der Waals surface area contributed by atoms with Gasteiger partial charge < -0.3 is 5.32 Å². The molecule has 0 bridgehead atoms. The zero-order valence-corrected chi connectivity index (χ0v) is 14.5. The van der Waals surface area contributed by atoms with Crippen molar-refractivity contribution in [3.63, 3.8) is 0 Å². The van der Waals surface area contributed by atoms with Crippen LogP contribution in [0.1, 0.15) is 21.7 Å². The molecule has 0 aliphatic carbocycles. The van der Waals surface area contributed by atoms with Crippen LogP contribution in [0.5, 0.6) is 0 Å². The molecule has 1 amide bonds. The van der Waals surface area contributed by atoms with Crippen LogP contribution in [-0.4, -0.2) is 30.1 Å². The molecule has 4 rings (SSSR count). The number of rotatable bonds is 4. The van der Waals surface area contributed by atoms with Gasteiger partial charge in [-0.15, -0.1) is 0 Å². The van der Waals surface area contributed by atoms with Crippen molar-refractivity contribution >= 4 is 11.6 Å². The molecular weight excluding hydrogens is 328 g/mol. The van der Waals surface area contributed by atoms with E-state index < -0.39 is 0 Å². The van der Waals surface area contributed by atoms with Crippen LogP contribution in [0.15, 0.2) is 55.1 Å². The summed E-state index contributed by atoms with van der Waals surface area (Å²) in [5.41, 5.74) is 4.87. The maximum atomic E-state index is 12.7. The second-order valence-electron chi connectivity index (χ2n) is 6.08. The molecule has 4 heterocycles. The number of pyridine rings is 2. The smallest absolute Gasteiger partial charge is 0.270 e. The lowest BCUT2D eigenvalue weighted by Gasteiger charge is -2.08. The molecule has 4 aromatic rings. The Kier molecular flexibility index (Phi) is 3.96. The van der Waals surface area contributed by atoms with Crippen LogP contribution in [0.25, 0.3) is 16.9 Å². The van der Waals surface area contributed by atoms with Crippen LogP contribution in [-0.2, 0) is 13.6 Å². The number of amides is 1. The predicted molar refractivity (Wildman–Crippen MR) is 97.5 cm³/mol. The third-order valence-electron chi connectivity index (χ3n) is 4.28. The zero-order chi connectivity index (χ0) is 18.1. The average Bonchev–Trinajstić information content (AvgIpc) is 3.22. The minimum Gasteiger partial charge on any atom is -0.347 e. The van der Waals surface area contributed by atoms with E-state index in [9.17, 15) is 4.79 Å². The summed E-state index contributed by atoms with van der Waals surface area (Å²) >= 11 is 0. The number of aryl methyl sites for hydroxylation is 2. The van der Waals surface area contributed by atoms with Gasteiger partial charge in [0.05, 0.1) is 11.4 Å². The average molecular weight is 346 g/mol. The minimum absolute atomic E-state index is 0.160. The standard InChI is InChI=1S/C19H18N6O/c1-13-18(25-8-4-3-5-17(25)23-13)19(26)21-11-14-9-15(12-20-10-14)16-6-7-22-24(16)2/h3-10,12H,11H2,1-2H3,(H,21,26). The fourth-order valence-electron chi connectivity index (χ4n) is 3.03. The van der Waals surface area contributed by atoms with Crippen molar-refractivity contribution in [1.82, 2.24) is 29.5 Å². The SMILES string of the molecule is Cc1nc2ccccn2c1C(=O)NCc1cncc(-c2ccnn2C)c1. The fraction of sp³-hybridized carbons (Fsp3) is 0.158. The molecule has 26 heavy (non-hydrogen) atoms. The van der Waals surface area contributed by atoms with Crippen molar-refractivity contribution in [2.75, 3.05) is 0 Å². The third kappa shape index (κ3) is 2.83. The Balaban J connectivity index is 1.55. The third-order valence-corrected chi connectivity index (χ3v) is 4.28.